The summed E-state index contributed by atoms with van der Waals surface area (Å²) in [7, 11) is 1.59. The van der Waals surface area contributed by atoms with Crippen LogP contribution in [0.25, 0.3) is 0 Å². The van der Waals surface area contributed by atoms with Gasteiger partial charge in [-0.15, -0.1) is 0 Å². The van der Waals surface area contributed by atoms with Crippen molar-refractivity contribution in [3.63, 3.8) is 0 Å². The number of methoxy groups -OCH3 is 1. The lowest BCUT2D eigenvalue weighted by atomic mass is 9.41. The molecule has 3 N–H and O–H groups in total. The molecule has 5 fully saturated rings. The second-order valence-electron chi connectivity index (χ2n) is 15.2. The van der Waals surface area contributed by atoms with Crippen LogP contribution in [-0.2, 0) is 30.3 Å². The molecule has 7 rings (SSSR count). The van der Waals surface area contributed by atoms with Gasteiger partial charge >= 0.3 is 5.97 Å². The van der Waals surface area contributed by atoms with Crippen LogP contribution in [0.4, 0.5) is 0 Å². The highest BCUT2D eigenvalue weighted by Crippen LogP contribution is 2.70. The number of pyridine rings is 1. The molecule has 0 aromatic carbocycles. The average molecular weight is 639 g/mol. The number of aromatic nitrogens is 1. The van der Waals surface area contributed by atoms with Crippen LogP contribution in [0.3, 0.4) is 0 Å². The predicted octanol–water partition coefficient (Wildman–Crippen LogP) is 3.90. The van der Waals surface area contributed by atoms with E-state index < -0.39 is 35.1 Å². The van der Waals surface area contributed by atoms with Gasteiger partial charge in [-0.25, -0.2) is 4.79 Å². The van der Waals surface area contributed by atoms with Gasteiger partial charge in [0.15, 0.2) is 6.29 Å². The predicted molar refractivity (Wildman–Crippen MR) is 169 cm³/mol. The van der Waals surface area contributed by atoms with Crippen LogP contribution >= 0.6 is 0 Å². The summed E-state index contributed by atoms with van der Waals surface area (Å²) in [5.74, 6) is -0.118. The highest BCUT2D eigenvalue weighted by atomic mass is 16.7. The van der Waals surface area contributed by atoms with E-state index in [1.807, 2.05) is 31.5 Å². The fourth-order valence-corrected chi connectivity index (χ4v) is 10.8. The summed E-state index contributed by atoms with van der Waals surface area (Å²) in [5.41, 5.74) is -0.931. The van der Waals surface area contributed by atoms with Gasteiger partial charge in [0.25, 0.3) is 0 Å². The lowest BCUT2D eigenvalue weighted by molar-refractivity contribution is -0.284. The Kier molecular flexibility index (Phi) is 8.46. The molecule has 10 nitrogen and oxygen atoms in total. The Morgan fingerprint density at radius 3 is 2.70 bits per heavy atom. The number of fused-ring (bicyclic) bond motifs is 5. The van der Waals surface area contributed by atoms with E-state index in [2.05, 4.69) is 11.9 Å². The Balaban J connectivity index is 1.17. The van der Waals surface area contributed by atoms with Gasteiger partial charge in [-0.05, 0) is 93.2 Å². The summed E-state index contributed by atoms with van der Waals surface area (Å²) in [4.78, 5) is 21.2. The first-order chi connectivity index (χ1) is 22.0. The van der Waals surface area contributed by atoms with Gasteiger partial charge in [-0.3, -0.25) is 9.98 Å². The fourth-order valence-electron chi connectivity index (χ4n) is 10.8. The van der Waals surface area contributed by atoms with Crippen molar-refractivity contribution >= 4 is 12.2 Å². The first-order valence-electron chi connectivity index (χ1n) is 17.3. The van der Waals surface area contributed by atoms with Gasteiger partial charge in [0.05, 0.1) is 36.1 Å². The number of aliphatic imine (C=N–C) groups is 1. The van der Waals surface area contributed by atoms with Crippen molar-refractivity contribution in [1.82, 2.24) is 4.98 Å². The number of carbonyl (C=O) groups excluding carboxylic acids is 1. The number of rotatable bonds is 7. The van der Waals surface area contributed by atoms with Crippen molar-refractivity contribution in [3.05, 3.63) is 41.7 Å². The standard InChI is InChI=1S/C36H50N2O8/c1-22-32(40)29(43-3)16-31(45-22)46-25-6-11-34(21-38-19-23-5-4-14-37-18-23)27-7-10-33(2)26(24-15-30(39)44-20-24)9-13-36(33,42)28(27)8-12-35(34,41)17-25/h4-5,14-15,18,21-22,25-29,31-32,40-42H,6-13,16-17,19-20H2,1-3H3/t22-,25-,26-,27+,28+,29+,31-,32+,33-,34+,35-,36-/m0/s1. The van der Waals surface area contributed by atoms with Crippen LogP contribution in [0, 0.1) is 28.6 Å². The molecule has 4 aliphatic carbocycles. The number of carbonyl (C=O) groups is 1. The zero-order valence-electron chi connectivity index (χ0n) is 27.3. The maximum Gasteiger partial charge on any atom is 0.331 e. The average Bonchev–Trinajstić information content (AvgIpc) is 3.58. The second-order valence-corrected chi connectivity index (χ2v) is 15.2. The lowest BCUT2D eigenvalue weighted by Gasteiger charge is -2.66. The Hall–Kier alpha value is -2.21. The number of hydrogen-bond donors (Lipinski definition) is 3. The van der Waals surface area contributed by atoms with Crippen molar-refractivity contribution in [1.29, 1.82) is 0 Å². The van der Waals surface area contributed by atoms with Crippen LogP contribution < -0.4 is 0 Å². The zero-order valence-corrected chi connectivity index (χ0v) is 27.3. The van der Waals surface area contributed by atoms with Crippen LogP contribution in [0.2, 0.25) is 0 Å². The summed E-state index contributed by atoms with van der Waals surface area (Å²) in [5, 5.41) is 36.0. The topological polar surface area (TPSA) is 140 Å². The molecule has 0 spiro atoms. The van der Waals surface area contributed by atoms with Crippen molar-refractivity contribution in [2.45, 2.75) is 127 Å². The van der Waals surface area contributed by atoms with Crippen LogP contribution in [0.5, 0.6) is 0 Å². The smallest absolute Gasteiger partial charge is 0.331 e. The molecule has 1 aromatic heterocycles. The van der Waals surface area contributed by atoms with E-state index in [4.69, 9.17) is 23.9 Å². The summed E-state index contributed by atoms with van der Waals surface area (Å²) < 4.78 is 23.4. The summed E-state index contributed by atoms with van der Waals surface area (Å²) in [6, 6.07) is 3.92. The van der Waals surface area contributed by atoms with Gasteiger partial charge in [0, 0.05) is 55.5 Å². The minimum atomic E-state index is -1.06. The van der Waals surface area contributed by atoms with Crippen LogP contribution in [0.15, 0.2) is 41.2 Å². The Labute approximate surface area is 271 Å². The monoisotopic (exact) mass is 638 g/mol. The molecule has 12 atom stereocenters. The zero-order chi connectivity index (χ0) is 32.3. The molecular formula is C36H50N2O8. The van der Waals surface area contributed by atoms with E-state index in [0.717, 1.165) is 36.8 Å². The van der Waals surface area contributed by atoms with E-state index in [0.29, 0.717) is 51.7 Å². The number of ether oxygens (including phenoxy) is 4. The number of nitrogens with zero attached hydrogens (tertiary/aromatic N) is 2. The van der Waals surface area contributed by atoms with Gasteiger partial charge < -0.3 is 34.3 Å². The quantitative estimate of drug-likeness (QED) is 0.231. The largest absolute Gasteiger partial charge is 0.458 e. The normalized spacial score (nSPS) is 47.2. The van der Waals surface area contributed by atoms with Crippen molar-refractivity contribution < 1.29 is 39.1 Å². The highest BCUT2D eigenvalue weighted by molar-refractivity contribution is 5.85. The minimum Gasteiger partial charge on any atom is -0.458 e. The number of esters is 1. The fraction of sp³-hybridized carbons (Fsp3) is 0.750. The SMILES string of the molecule is CO[C@@H]1C[C@H](O[C@H]2CC[C@@]3(C=NCc4cccnc4)[C@@H]4CC[C@@]5(C)[C@H](C6=CC(=O)OC6)CC[C@]5(O)[C@@H]4CC[C@]3(O)C2)O[C@@H](C)[C@H]1O. The summed E-state index contributed by atoms with van der Waals surface area (Å²) in [6.07, 6.45) is 11.8. The number of hydrogen-bond acceptors (Lipinski definition) is 10. The Morgan fingerprint density at radius 2 is 1.96 bits per heavy atom. The molecule has 6 aliphatic rings. The molecule has 4 saturated carbocycles. The minimum absolute atomic E-state index is 0.00364. The first kappa shape index (κ1) is 32.3. The van der Waals surface area contributed by atoms with E-state index in [9.17, 15) is 20.1 Å². The molecule has 0 amide bonds. The van der Waals surface area contributed by atoms with Crippen LogP contribution in [0.1, 0.15) is 83.6 Å². The van der Waals surface area contributed by atoms with Gasteiger partial charge in [0.2, 0.25) is 0 Å². The molecular weight excluding hydrogens is 588 g/mol. The number of aliphatic hydroxyl groups excluding tert-OH is 1. The van der Waals surface area contributed by atoms with E-state index >= 15 is 0 Å². The van der Waals surface area contributed by atoms with Crippen LogP contribution in [-0.4, -0.2) is 88.1 Å². The molecule has 0 unspecified atom stereocenters. The van der Waals surface area contributed by atoms with Gasteiger partial charge in [-0.1, -0.05) is 13.0 Å². The molecule has 10 heteroatoms. The molecule has 1 saturated heterocycles. The van der Waals surface area contributed by atoms with Gasteiger partial charge in [0.1, 0.15) is 12.7 Å². The third-order valence-electron chi connectivity index (χ3n) is 13.2. The second kappa shape index (κ2) is 12.0. The number of aliphatic hydroxyl groups is 3. The van der Waals surface area contributed by atoms with Crippen molar-refractivity contribution in [3.8, 4) is 0 Å². The maximum absolute atomic E-state index is 12.8. The molecule has 0 radical (unpaired) electrons. The maximum atomic E-state index is 12.8. The molecule has 0 bridgehead atoms. The molecule has 2 aliphatic heterocycles. The van der Waals surface area contributed by atoms with Gasteiger partial charge in [-0.2, -0.15) is 0 Å². The molecule has 46 heavy (non-hydrogen) atoms. The summed E-state index contributed by atoms with van der Waals surface area (Å²) >= 11 is 0. The van der Waals surface area contributed by atoms with E-state index in [1.165, 1.54) is 0 Å². The highest BCUT2D eigenvalue weighted by Gasteiger charge is 2.71. The van der Waals surface area contributed by atoms with E-state index in [-0.39, 0.29) is 41.3 Å². The van der Waals surface area contributed by atoms with Crippen molar-refractivity contribution in [2.24, 2.45) is 33.6 Å². The third kappa shape index (κ3) is 5.10. The summed E-state index contributed by atoms with van der Waals surface area (Å²) in [6.45, 7) is 4.84. The molecule has 3 heterocycles. The molecule has 1 aromatic rings. The lowest BCUT2D eigenvalue weighted by Crippen LogP contribution is -2.69. The Morgan fingerprint density at radius 1 is 1.13 bits per heavy atom. The van der Waals surface area contributed by atoms with E-state index in [1.54, 1.807) is 19.4 Å². The molecule has 252 valence electrons. The Bertz CT molecular complexity index is 1360. The third-order valence-corrected chi connectivity index (χ3v) is 13.2. The van der Waals surface area contributed by atoms with Crippen molar-refractivity contribution in [2.75, 3.05) is 13.7 Å². The number of cyclic esters (lactones) is 1. The first-order valence-corrected chi connectivity index (χ1v) is 17.3.